The predicted octanol–water partition coefficient (Wildman–Crippen LogP) is 3.73. The highest BCUT2D eigenvalue weighted by Crippen LogP contribution is 2.21. The molecule has 1 heterocycles. The van der Waals surface area contributed by atoms with Gasteiger partial charge in [-0.2, -0.15) is 5.10 Å². The summed E-state index contributed by atoms with van der Waals surface area (Å²) < 4.78 is 16.5. The van der Waals surface area contributed by atoms with Crippen LogP contribution in [0.15, 0.2) is 28.9 Å². The maximum atomic E-state index is 13.9. The predicted molar refractivity (Wildman–Crippen MR) is 81.9 cm³/mol. The molecule has 0 fully saturated rings. The fourth-order valence-corrected chi connectivity index (χ4v) is 2.59. The molecule has 0 spiro atoms. The third-order valence-corrected chi connectivity index (χ3v) is 3.85. The van der Waals surface area contributed by atoms with E-state index in [1.54, 1.807) is 6.07 Å². The van der Waals surface area contributed by atoms with E-state index in [4.69, 9.17) is 0 Å². The van der Waals surface area contributed by atoms with Gasteiger partial charge < -0.3 is 5.32 Å². The lowest BCUT2D eigenvalue weighted by molar-refractivity contribution is 0.527. The molecular weight excluding hydrogens is 321 g/mol. The van der Waals surface area contributed by atoms with Crippen LogP contribution in [-0.4, -0.2) is 9.78 Å². The molecule has 1 aromatic heterocycles. The Hall–Kier alpha value is -1.20. The molecule has 0 radical (unpaired) electrons. The molecule has 1 N–H and O–H groups in total. The van der Waals surface area contributed by atoms with Gasteiger partial charge in [0.25, 0.3) is 0 Å². The van der Waals surface area contributed by atoms with Gasteiger partial charge in [0, 0.05) is 41.4 Å². The summed E-state index contributed by atoms with van der Waals surface area (Å²) in [5.41, 5.74) is 2.93. The largest absolute Gasteiger partial charge is 0.306 e. The summed E-state index contributed by atoms with van der Waals surface area (Å²) in [4.78, 5) is 0. The number of hydrogen-bond acceptors (Lipinski definition) is 2. The minimum absolute atomic E-state index is 0.0481. The van der Waals surface area contributed by atoms with Crippen LogP contribution in [0.5, 0.6) is 0 Å². The molecule has 0 bridgehead atoms. The van der Waals surface area contributed by atoms with Crippen LogP contribution in [0.25, 0.3) is 0 Å². The Labute approximate surface area is 127 Å². The van der Waals surface area contributed by atoms with Crippen LogP contribution in [0, 0.1) is 5.82 Å². The number of halogens is 2. The van der Waals surface area contributed by atoms with Crippen LogP contribution < -0.4 is 5.32 Å². The van der Waals surface area contributed by atoms with E-state index in [-0.39, 0.29) is 11.9 Å². The summed E-state index contributed by atoms with van der Waals surface area (Å²) in [6.45, 7) is 4.74. The normalized spacial score (nSPS) is 12.7. The van der Waals surface area contributed by atoms with Gasteiger partial charge >= 0.3 is 0 Å². The lowest BCUT2D eigenvalue weighted by Crippen LogP contribution is -2.19. The Kier molecular flexibility index (Phi) is 4.94. The highest BCUT2D eigenvalue weighted by molar-refractivity contribution is 9.10. The zero-order valence-corrected chi connectivity index (χ0v) is 13.5. The molecule has 0 aliphatic heterocycles. The van der Waals surface area contributed by atoms with Gasteiger partial charge in [-0.15, -0.1) is 0 Å². The summed E-state index contributed by atoms with van der Waals surface area (Å²) >= 11 is 3.27. The quantitative estimate of drug-likeness (QED) is 0.899. The summed E-state index contributed by atoms with van der Waals surface area (Å²) in [6, 6.07) is 5.11. The maximum absolute atomic E-state index is 13.9. The first-order valence-electron chi connectivity index (χ1n) is 6.71. The van der Waals surface area contributed by atoms with Crippen LogP contribution in [0.2, 0.25) is 0 Å². The van der Waals surface area contributed by atoms with E-state index in [0.29, 0.717) is 12.1 Å². The SMILES string of the molecule is CCc1nn(C)cc1CNC(C)c1ccc(Br)cc1F. The van der Waals surface area contributed by atoms with Crippen LogP contribution in [0.4, 0.5) is 4.39 Å². The van der Waals surface area contributed by atoms with Crippen LogP contribution >= 0.6 is 15.9 Å². The van der Waals surface area contributed by atoms with E-state index in [1.807, 2.05) is 30.9 Å². The van der Waals surface area contributed by atoms with Gasteiger partial charge in [0.2, 0.25) is 0 Å². The van der Waals surface area contributed by atoms with E-state index in [9.17, 15) is 4.39 Å². The minimum Gasteiger partial charge on any atom is -0.306 e. The number of aromatic nitrogens is 2. The van der Waals surface area contributed by atoms with E-state index < -0.39 is 0 Å². The molecule has 108 valence electrons. The standard InChI is InChI=1S/C15H19BrFN3/c1-4-15-11(9-20(3)19-15)8-18-10(2)13-6-5-12(16)7-14(13)17/h5-7,9-10,18H,4,8H2,1-3H3. The Bertz CT molecular complexity index is 595. The maximum Gasteiger partial charge on any atom is 0.129 e. The molecule has 0 saturated heterocycles. The first-order valence-corrected chi connectivity index (χ1v) is 7.50. The fraction of sp³-hybridized carbons (Fsp3) is 0.400. The first kappa shape index (κ1) is 15.2. The molecule has 1 aromatic carbocycles. The number of aryl methyl sites for hydroxylation is 2. The zero-order chi connectivity index (χ0) is 14.7. The van der Waals surface area contributed by atoms with Gasteiger partial charge in [-0.05, 0) is 25.5 Å². The van der Waals surface area contributed by atoms with Crippen molar-refractivity contribution >= 4 is 15.9 Å². The van der Waals surface area contributed by atoms with Crippen molar-refractivity contribution < 1.29 is 4.39 Å². The highest BCUT2D eigenvalue weighted by Gasteiger charge is 2.12. The van der Waals surface area contributed by atoms with Gasteiger partial charge in [-0.3, -0.25) is 4.68 Å². The van der Waals surface area contributed by atoms with E-state index >= 15 is 0 Å². The van der Waals surface area contributed by atoms with Gasteiger partial charge in [0.1, 0.15) is 5.82 Å². The van der Waals surface area contributed by atoms with Gasteiger partial charge in [0.05, 0.1) is 5.69 Å². The highest BCUT2D eigenvalue weighted by atomic mass is 79.9. The van der Waals surface area contributed by atoms with Crippen molar-refractivity contribution in [1.29, 1.82) is 0 Å². The number of benzene rings is 1. The van der Waals surface area contributed by atoms with Crippen molar-refractivity contribution in [2.24, 2.45) is 7.05 Å². The molecule has 2 rings (SSSR count). The Morgan fingerprint density at radius 3 is 2.85 bits per heavy atom. The van der Waals surface area contributed by atoms with E-state index in [2.05, 4.69) is 33.3 Å². The summed E-state index contributed by atoms with van der Waals surface area (Å²) in [6.07, 6.45) is 2.91. The number of nitrogens with zero attached hydrogens (tertiary/aromatic N) is 2. The smallest absolute Gasteiger partial charge is 0.129 e. The van der Waals surface area contributed by atoms with Crippen LogP contribution in [0.1, 0.15) is 36.7 Å². The molecule has 1 unspecified atom stereocenters. The number of rotatable bonds is 5. The Balaban J connectivity index is 2.06. The lowest BCUT2D eigenvalue weighted by atomic mass is 10.1. The molecule has 5 heteroatoms. The second-order valence-corrected chi connectivity index (χ2v) is 5.81. The Morgan fingerprint density at radius 2 is 2.20 bits per heavy atom. The monoisotopic (exact) mass is 339 g/mol. The summed E-state index contributed by atoms with van der Waals surface area (Å²) in [5.74, 6) is -0.193. The molecule has 2 aromatic rings. The fourth-order valence-electron chi connectivity index (χ4n) is 2.25. The molecule has 0 amide bonds. The molecule has 0 aliphatic rings. The van der Waals surface area contributed by atoms with Gasteiger partial charge in [-0.25, -0.2) is 4.39 Å². The van der Waals surface area contributed by atoms with E-state index in [0.717, 1.165) is 16.6 Å². The topological polar surface area (TPSA) is 29.9 Å². The van der Waals surface area contributed by atoms with Crippen molar-refractivity contribution in [1.82, 2.24) is 15.1 Å². The molecular formula is C15H19BrFN3. The second kappa shape index (κ2) is 6.50. The van der Waals surface area contributed by atoms with Crippen molar-refractivity contribution in [3.63, 3.8) is 0 Å². The van der Waals surface area contributed by atoms with Crippen LogP contribution in [0.3, 0.4) is 0 Å². The van der Waals surface area contributed by atoms with E-state index in [1.165, 1.54) is 11.6 Å². The molecule has 0 aliphatic carbocycles. The molecule has 0 saturated carbocycles. The third kappa shape index (κ3) is 3.46. The number of nitrogens with one attached hydrogen (secondary N) is 1. The second-order valence-electron chi connectivity index (χ2n) is 4.90. The molecule has 1 atom stereocenters. The van der Waals surface area contributed by atoms with Crippen molar-refractivity contribution in [2.45, 2.75) is 32.9 Å². The van der Waals surface area contributed by atoms with Crippen LogP contribution in [-0.2, 0) is 20.0 Å². The lowest BCUT2D eigenvalue weighted by Gasteiger charge is -2.15. The molecule has 3 nitrogen and oxygen atoms in total. The average molecular weight is 340 g/mol. The summed E-state index contributed by atoms with van der Waals surface area (Å²) in [7, 11) is 1.92. The van der Waals surface area contributed by atoms with Gasteiger partial charge in [0.15, 0.2) is 0 Å². The molecule has 20 heavy (non-hydrogen) atoms. The van der Waals surface area contributed by atoms with Crippen molar-refractivity contribution in [2.75, 3.05) is 0 Å². The number of hydrogen-bond donors (Lipinski definition) is 1. The third-order valence-electron chi connectivity index (χ3n) is 3.35. The first-order chi connectivity index (χ1) is 9.51. The van der Waals surface area contributed by atoms with Crippen molar-refractivity contribution in [3.8, 4) is 0 Å². The van der Waals surface area contributed by atoms with Crippen molar-refractivity contribution in [3.05, 3.63) is 51.5 Å². The minimum atomic E-state index is -0.193. The average Bonchev–Trinajstić information content (AvgIpc) is 2.76. The van der Waals surface area contributed by atoms with Gasteiger partial charge in [-0.1, -0.05) is 28.9 Å². The Morgan fingerprint density at radius 1 is 1.45 bits per heavy atom. The zero-order valence-electron chi connectivity index (χ0n) is 12.0. The summed E-state index contributed by atoms with van der Waals surface area (Å²) in [5, 5.41) is 7.76.